The van der Waals surface area contributed by atoms with E-state index in [1.165, 1.54) is 0 Å². The molecular formula is C74H96N6O11. The number of nitrogens with two attached hydrogens (primary N) is 1. The Morgan fingerprint density at radius 1 is 0.945 bits per heavy atom. The van der Waals surface area contributed by atoms with E-state index in [-0.39, 0.29) is 78.7 Å². The quantitative estimate of drug-likeness (QED) is 0.00854. The molecule has 17 nitrogen and oxygen atoms in total. The molecule has 12 N–H and O–H groups in total. The molecule has 4 aliphatic heterocycles. The molecule has 488 valence electrons. The van der Waals surface area contributed by atoms with E-state index in [0.717, 1.165) is 64.0 Å². The second kappa shape index (κ2) is 32.9. The maximum atomic E-state index is 14.6. The summed E-state index contributed by atoms with van der Waals surface area (Å²) in [6.45, 7) is 11.4. The number of methoxy groups -OCH3 is 1. The Balaban J connectivity index is 1.25. The number of benzene rings is 5. The van der Waals surface area contributed by atoms with Crippen molar-refractivity contribution in [1.29, 1.82) is 0 Å². The minimum atomic E-state index is -1.96. The first-order chi connectivity index (χ1) is 44.1. The number of aliphatic imine (C=N–C) groups is 1. The van der Waals surface area contributed by atoms with Crippen molar-refractivity contribution in [2.75, 3.05) is 65.5 Å². The third kappa shape index (κ3) is 17.7. The van der Waals surface area contributed by atoms with Gasteiger partial charge in [-0.15, -0.1) is 0 Å². The number of rotatable bonds is 25. The SMILES string of the molecule is CCNCCCOCCc1cccc([C@H]2C[C@@H](CN[C@H](CC)NC[C@H](C)O)C3=C[C@@H](C[C@H](CO)CCc4cccc(NC(N)=NC)c4)[C@H](C=C3O)C[C@H]3CC(=O)CCc4ccc(OC)c(c4)OCc4c(C(O)O)cc5c(c(O)cc6c5c4C=C[C@H]6C)[C@@H]2C#CO3)c1. The van der Waals surface area contributed by atoms with Crippen molar-refractivity contribution in [1.82, 2.24) is 16.0 Å². The van der Waals surface area contributed by atoms with Crippen molar-refractivity contribution in [2.45, 2.75) is 147 Å². The number of phenolic OH excluding ortho intramolecular Hbond substituents is 1. The summed E-state index contributed by atoms with van der Waals surface area (Å²) in [5.74, 6) is 2.10. The fourth-order valence-corrected chi connectivity index (χ4v) is 13.7. The van der Waals surface area contributed by atoms with Gasteiger partial charge in [0.2, 0.25) is 0 Å². The van der Waals surface area contributed by atoms with Gasteiger partial charge in [-0.05, 0) is 188 Å². The van der Waals surface area contributed by atoms with E-state index in [0.29, 0.717) is 117 Å². The number of ether oxygens (including phenoxy) is 4. The van der Waals surface area contributed by atoms with E-state index in [1.807, 2.05) is 66.8 Å². The van der Waals surface area contributed by atoms with Crippen LogP contribution in [0.4, 0.5) is 5.69 Å². The van der Waals surface area contributed by atoms with Crippen LogP contribution >= 0.6 is 0 Å². The number of ketones is 1. The van der Waals surface area contributed by atoms with E-state index < -0.39 is 36.3 Å². The zero-order valence-corrected chi connectivity index (χ0v) is 53.8. The van der Waals surface area contributed by atoms with Gasteiger partial charge in [0.15, 0.2) is 23.7 Å². The van der Waals surface area contributed by atoms with Crippen LogP contribution in [0.15, 0.2) is 113 Å². The zero-order chi connectivity index (χ0) is 64.6. The summed E-state index contributed by atoms with van der Waals surface area (Å²) >= 11 is 0. The maximum Gasteiger partial charge on any atom is 0.192 e. The van der Waals surface area contributed by atoms with E-state index >= 15 is 0 Å². The second-order valence-corrected chi connectivity index (χ2v) is 25.2. The average molecular weight is 1250 g/mol. The van der Waals surface area contributed by atoms with Crippen molar-refractivity contribution >= 4 is 34.3 Å². The molecule has 6 aliphatic rings. The lowest BCUT2D eigenvalue weighted by molar-refractivity contribution is -0.121. The number of aliphatic hydroxyl groups is 5. The van der Waals surface area contributed by atoms with Crippen molar-refractivity contribution in [3.8, 4) is 29.3 Å². The molecule has 11 rings (SSSR count). The Bertz CT molecular complexity index is 3480. The molecule has 0 radical (unpaired) electrons. The van der Waals surface area contributed by atoms with Crippen LogP contribution in [0.2, 0.25) is 0 Å². The molecule has 0 amide bonds. The number of aromatic hydroxyl groups is 1. The Hall–Kier alpha value is -7.24. The highest BCUT2D eigenvalue weighted by Gasteiger charge is 2.39. The first kappa shape index (κ1) is 68.1. The number of fused-ring (bicyclic) bond motifs is 8. The molecular weight excluding hydrogens is 1150 g/mol. The molecule has 17 heteroatoms. The minimum Gasteiger partial charge on any atom is -0.508 e. The van der Waals surface area contributed by atoms with Crippen molar-refractivity contribution in [2.24, 2.45) is 34.4 Å². The average Bonchev–Trinajstić information content (AvgIpc) is 0.783. The largest absolute Gasteiger partial charge is 0.508 e. The number of nitrogens with zero attached hydrogens (tertiary/aromatic N) is 1. The summed E-state index contributed by atoms with van der Waals surface area (Å²) in [6.07, 6.45) is 13.2. The second-order valence-electron chi connectivity index (χ2n) is 25.2. The van der Waals surface area contributed by atoms with Crippen LogP contribution in [0.1, 0.15) is 153 Å². The number of anilines is 1. The summed E-state index contributed by atoms with van der Waals surface area (Å²) in [4.78, 5) is 18.7. The van der Waals surface area contributed by atoms with E-state index in [1.54, 1.807) is 27.1 Å². The lowest BCUT2D eigenvalue weighted by atomic mass is 9.70. The molecule has 5 aromatic rings. The normalized spacial score (nSPS) is 21.9. The number of guanidine groups is 1. The molecule has 0 saturated heterocycles. The number of carbonyl (C=O) groups excluding carboxylic acids is 1. The van der Waals surface area contributed by atoms with Gasteiger partial charge in [0.25, 0.3) is 0 Å². The highest BCUT2D eigenvalue weighted by Crippen LogP contribution is 2.51. The predicted octanol–water partition coefficient (Wildman–Crippen LogP) is 10.2. The molecule has 0 spiro atoms. The van der Waals surface area contributed by atoms with Crippen molar-refractivity contribution < 1.29 is 54.4 Å². The summed E-state index contributed by atoms with van der Waals surface area (Å²) in [7, 11) is 3.19. The number of aliphatic hydroxyl groups excluding tert-OH is 4. The fourth-order valence-electron chi connectivity index (χ4n) is 13.7. The van der Waals surface area contributed by atoms with Gasteiger partial charge in [0.05, 0.1) is 31.9 Å². The van der Waals surface area contributed by atoms with Gasteiger partial charge >= 0.3 is 0 Å². The first-order valence-corrected chi connectivity index (χ1v) is 32.8. The molecule has 10 bridgehead atoms. The Morgan fingerprint density at radius 2 is 1.76 bits per heavy atom. The van der Waals surface area contributed by atoms with Crippen LogP contribution in [-0.2, 0) is 40.1 Å². The lowest BCUT2D eigenvalue weighted by Crippen LogP contribution is -2.46. The van der Waals surface area contributed by atoms with Crippen molar-refractivity contribution in [3.63, 3.8) is 0 Å². The van der Waals surface area contributed by atoms with Gasteiger partial charge in [-0.3, -0.25) is 15.1 Å². The summed E-state index contributed by atoms with van der Waals surface area (Å²) in [5.41, 5.74) is 14.2. The molecule has 2 aliphatic carbocycles. The summed E-state index contributed by atoms with van der Waals surface area (Å²) in [5, 5.41) is 86.0. The Kier molecular flexibility index (Phi) is 24.6. The molecule has 4 heterocycles. The Labute approximate surface area is 537 Å². The summed E-state index contributed by atoms with van der Waals surface area (Å²) < 4.78 is 25.5. The number of hydrogen-bond donors (Lipinski definition) is 11. The van der Waals surface area contributed by atoms with E-state index in [2.05, 4.69) is 89.4 Å². The third-order valence-electron chi connectivity index (χ3n) is 18.6. The highest BCUT2D eigenvalue weighted by atomic mass is 16.5. The number of hydrogen-bond acceptors (Lipinski definition) is 15. The number of Topliss-reactive ketones (excluding diaryl/α,β-unsaturated/α-hetero) is 1. The van der Waals surface area contributed by atoms with Gasteiger partial charge in [-0.25, -0.2) is 0 Å². The highest BCUT2D eigenvalue weighted by molar-refractivity contribution is 6.01. The van der Waals surface area contributed by atoms with Gasteiger partial charge in [-0.1, -0.05) is 87.4 Å². The third-order valence-corrected chi connectivity index (χ3v) is 18.6. The van der Waals surface area contributed by atoms with Crippen LogP contribution in [0, 0.1) is 35.7 Å². The van der Waals surface area contributed by atoms with Gasteiger partial charge in [0.1, 0.15) is 36.1 Å². The molecule has 0 fully saturated rings. The van der Waals surface area contributed by atoms with Crippen LogP contribution in [0.3, 0.4) is 0 Å². The topological polar surface area (TPSA) is 262 Å². The zero-order valence-electron chi connectivity index (χ0n) is 53.8. The number of allylic oxidation sites excluding steroid dienone is 4. The molecule has 0 saturated carbocycles. The molecule has 5 aromatic carbocycles. The van der Waals surface area contributed by atoms with E-state index in [9.17, 15) is 35.4 Å². The predicted molar refractivity (Wildman–Crippen MR) is 359 cm³/mol. The first-order valence-electron chi connectivity index (χ1n) is 32.8. The number of carbonyl (C=O) groups is 1. The number of aryl methyl sites for hydroxylation is 2. The summed E-state index contributed by atoms with van der Waals surface area (Å²) in [6, 6.07) is 25.6. The van der Waals surface area contributed by atoms with Gasteiger partial charge in [0, 0.05) is 86.3 Å². The fraction of sp³-hybridized carbons (Fsp3) is 0.486. The minimum absolute atomic E-state index is 0.0120. The van der Waals surface area contributed by atoms with Crippen LogP contribution < -0.4 is 36.5 Å². The number of phenols is 1. The Morgan fingerprint density at radius 3 is 2.52 bits per heavy atom. The molecule has 0 aromatic heterocycles. The van der Waals surface area contributed by atoms with E-state index in [4.69, 9.17) is 24.7 Å². The molecule has 0 unspecified atom stereocenters. The monoisotopic (exact) mass is 1240 g/mol. The standard InChI is InChI=1S/C74H96N6O11/c1-7-70(78-41-46(4)82)79-42-54-36-61(51-14-9-12-48(30-51)24-28-89-27-11-26-77-8-2)59-25-29-90-57(34-53-37-66(84)62(54)35-52(53)31-50(43-81)18-17-47-13-10-15-55(32-47)80-74(75)76-5)38-56(83)21-19-49-20-23-68(88-6)69(33-49)91-44-65-58-22-16-45(3)60-40-67(85)72(59)64(71(58)60)39-63(65)73(86)87/h9-10,12-16,20,22-23,30,32-33,35,37,39-40,45-46,50,52-54,57,59,61,70,73,77-79,81-82,84-87H,7-8,11,17-19,21,24,26-28,31,34,36,38,41-44H2,1-6H3,(H3,75,76,80)/t45-,46+,50-,52-,53+,54+,57+,59-,61-,70-/m1/s1. The van der Waals surface area contributed by atoms with Crippen LogP contribution in [-0.4, -0.2) is 121 Å². The van der Waals surface area contributed by atoms with Gasteiger partial charge in [-0.2, -0.15) is 0 Å². The maximum absolute atomic E-state index is 14.6. The van der Waals surface area contributed by atoms with Gasteiger partial charge < -0.3 is 71.3 Å². The molecule has 91 heavy (non-hydrogen) atoms. The van der Waals surface area contributed by atoms with Crippen LogP contribution in [0.5, 0.6) is 17.2 Å². The van der Waals surface area contributed by atoms with Crippen molar-refractivity contribution in [3.05, 3.63) is 158 Å². The lowest BCUT2D eigenvalue weighted by Gasteiger charge is -2.36. The smallest absolute Gasteiger partial charge is 0.192 e. The molecule has 10 atom stereocenters. The van der Waals surface area contributed by atoms with Crippen LogP contribution in [0.25, 0.3) is 16.8 Å². The number of nitrogens with one attached hydrogen (secondary N) is 4.